The minimum atomic E-state index is -0.321. The fourth-order valence-electron chi connectivity index (χ4n) is 2.49. The summed E-state index contributed by atoms with van der Waals surface area (Å²) in [7, 11) is 0. The molecule has 1 aromatic heterocycles. The van der Waals surface area contributed by atoms with Crippen LogP contribution in [0.2, 0.25) is 0 Å². The first-order valence-electron chi connectivity index (χ1n) is 6.43. The summed E-state index contributed by atoms with van der Waals surface area (Å²) in [5.41, 5.74) is 0.814. The molecule has 4 heteroatoms. The zero-order valence-electron chi connectivity index (χ0n) is 10.6. The average Bonchev–Trinajstić information content (AvgIpc) is 2.92. The van der Waals surface area contributed by atoms with Crippen LogP contribution in [0.4, 0.5) is 0 Å². The van der Waals surface area contributed by atoms with Gasteiger partial charge in [-0.15, -0.1) is 0 Å². The highest BCUT2D eigenvalue weighted by Crippen LogP contribution is 2.23. The Bertz CT molecular complexity index is 988. The third-order valence-electron chi connectivity index (χ3n) is 3.50. The van der Waals surface area contributed by atoms with Crippen molar-refractivity contribution in [1.29, 1.82) is 0 Å². The van der Waals surface area contributed by atoms with Gasteiger partial charge in [0.15, 0.2) is 11.5 Å². The predicted octanol–water partition coefficient (Wildman–Crippen LogP) is 1.48. The number of hydrogen-bond acceptors (Lipinski definition) is 3. The van der Waals surface area contributed by atoms with Gasteiger partial charge in [0.1, 0.15) is 0 Å². The Hall–Kier alpha value is -2.75. The molecular formula is C16H11N3O. The summed E-state index contributed by atoms with van der Waals surface area (Å²) in [6.07, 6.45) is 1.28. The number of nitrogens with one attached hydrogen (secondary N) is 1. The molecule has 1 atom stereocenters. The van der Waals surface area contributed by atoms with Crippen LogP contribution in [-0.2, 0) is 0 Å². The molecule has 1 unspecified atom stereocenters. The average molecular weight is 261 g/mol. The van der Waals surface area contributed by atoms with Crippen molar-refractivity contribution in [3.63, 3.8) is 0 Å². The minimum Gasteiger partial charge on any atom is -0.327 e. The van der Waals surface area contributed by atoms with E-state index in [-0.39, 0.29) is 11.7 Å². The largest absolute Gasteiger partial charge is 0.327 e. The topological polar surface area (TPSA) is 57.6 Å². The zero-order valence-corrected chi connectivity index (χ0v) is 10.6. The Kier molecular flexibility index (Phi) is 2.29. The molecule has 0 saturated heterocycles. The molecule has 0 bridgehead atoms. The molecule has 0 fully saturated rings. The fraction of sp³-hybridized carbons (Fsp3) is 0.0625. The maximum atomic E-state index is 11.7. The van der Waals surface area contributed by atoms with Crippen molar-refractivity contribution in [1.82, 2.24) is 4.98 Å². The van der Waals surface area contributed by atoms with E-state index in [0.29, 0.717) is 10.7 Å². The van der Waals surface area contributed by atoms with E-state index in [1.807, 2.05) is 18.2 Å². The normalized spacial score (nSPS) is 16.5. The van der Waals surface area contributed by atoms with Gasteiger partial charge in [0.05, 0.1) is 5.36 Å². The van der Waals surface area contributed by atoms with E-state index in [2.05, 4.69) is 39.2 Å². The van der Waals surface area contributed by atoms with Crippen molar-refractivity contribution in [2.24, 2.45) is 9.98 Å². The summed E-state index contributed by atoms with van der Waals surface area (Å²) in [5.74, 6) is 0. The SMILES string of the molecule is O=c1[nH]ccc2c1=NC(c1ccc3ccccc3c1)N=2. The van der Waals surface area contributed by atoms with Crippen molar-refractivity contribution in [2.45, 2.75) is 6.17 Å². The van der Waals surface area contributed by atoms with Gasteiger partial charge < -0.3 is 4.98 Å². The number of aromatic amines is 1. The third kappa shape index (κ3) is 1.66. The number of aromatic nitrogens is 1. The van der Waals surface area contributed by atoms with E-state index in [1.54, 1.807) is 12.3 Å². The van der Waals surface area contributed by atoms with Gasteiger partial charge in [-0.05, 0) is 28.5 Å². The Morgan fingerprint density at radius 2 is 1.80 bits per heavy atom. The van der Waals surface area contributed by atoms with Crippen LogP contribution < -0.4 is 16.3 Å². The van der Waals surface area contributed by atoms with E-state index >= 15 is 0 Å². The first-order valence-corrected chi connectivity index (χ1v) is 6.43. The maximum Gasteiger partial charge on any atom is 0.275 e. The standard InChI is InChI=1S/C16H11N3O/c20-16-14-13(7-8-17-16)18-15(19-14)12-6-5-10-3-1-2-4-11(10)9-12/h1-9,15H,(H,17,20). The van der Waals surface area contributed by atoms with E-state index in [4.69, 9.17) is 0 Å². The molecule has 96 valence electrons. The number of H-pyrrole nitrogens is 1. The van der Waals surface area contributed by atoms with Crippen molar-refractivity contribution in [3.05, 3.63) is 81.4 Å². The third-order valence-corrected chi connectivity index (χ3v) is 3.50. The van der Waals surface area contributed by atoms with Crippen LogP contribution in [0, 0.1) is 0 Å². The van der Waals surface area contributed by atoms with Crippen molar-refractivity contribution in [3.8, 4) is 0 Å². The van der Waals surface area contributed by atoms with E-state index < -0.39 is 0 Å². The Balaban J connectivity index is 1.89. The Morgan fingerprint density at radius 1 is 0.950 bits per heavy atom. The molecule has 0 saturated carbocycles. The molecule has 1 aliphatic heterocycles. The Labute approximate surface area is 114 Å². The van der Waals surface area contributed by atoms with Gasteiger partial charge in [0, 0.05) is 6.20 Å². The summed E-state index contributed by atoms with van der Waals surface area (Å²) in [4.78, 5) is 23.2. The van der Waals surface area contributed by atoms with Crippen molar-refractivity contribution >= 4 is 10.8 Å². The molecule has 2 heterocycles. The van der Waals surface area contributed by atoms with Gasteiger partial charge in [-0.1, -0.05) is 36.4 Å². The van der Waals surface area contributed by atoms with Crippen LogP contribution in [0.3, 0.4) is 0 Å². The van der Waals surface area contributed by atoms with E-state index in [0.717, 1.165) is 10.9 Å². The Morgan fingerprint density at radius 3 is 2.65 bits per heavy atom. The molecule has 0 aliphatic carbocycles. The second-order valence-corrected chi connectivity index (χ2v) is 4.78. The molecule has 0 amide bonds. The van der Waals surface area contributed by atoms with E-state index in [9.17, 15) is 4.79 Å². The molecule has 3 aromatic rings. The van der Waals surface area contributed by atoms with Gasteiger partial charge >= 0.3 is 0 Å². The lowest BCUT2D eigenvalue weighted by Gasteiger charge is -2.06. The van der Waals surface area contributed by atoms with Crippen LogP contribution in [0.25, 0.3) is 10.8 Å². The van der Waals surface area contributed by atoms with Crippen LogP contribution in [0.1, 0.15) is 11.7 Å². The molecule has 1 aliphatic rings. The summed E-state index contributed by atoms with van der Waals surface area (Å²) < 4.78 is 0. The highest BCUT2D eigenvalue weighted by molar-refractivity contribution is 5.83. The molecule has 20 heavy (non-hydrogen) atoms. The summed E-state index contributed by atoms with van der Waals surface area (Å²) in [6, 6.07) is 16.1. The molecule has 2 aromatic carbocycles. The molecule has 1 N–H and O–H groups in total. The lowest BCUT2D eigenvalue weighted by Crippen LogP contribution is -2.38. The van der Waals surface area contributed by atoms with Gasteiger partial charge in [0.25, 0.3) is 5.56 Å². The van der Waals surface area contributed by atoms with Gasteiger partial charge in [-0.25, -0.2) is 4.99 Å². The maximum absolute atomic E-state index is 11.7. The molecule has 4 rings (SSSR count). The lowest BCUT2D eigenvalue weighted by molar-refractivity contribution is 0.771. The number of hydrogen-bond donors (Lipinski definition) is 1. The first-order chi connectivity index (χ1) is 9.81. The second kappa shape index (κ2) is 4.13. The molecular weight excluding hydrogens is 250 g/mol. The first kappa shape index (κ1) is 11.1. The number of nitrogens with zero attached hydrogens (tertiary/aromatic N) is 2. The smallest absolute Gasteiger partial charge is 0.275 e. The van der Waals surface area contributed by atoms with Crippen LogP contribution in [-0.4, -0.2) is 4.98 Å². The van der Waals surface area contributed by atoms with E-state index in [1.165, 1.54) is 5.39 Å². The molecule has 0 spiro atoms. The fourth-order valence-corrected chi connectivity index (χ4v) is 2.49. The van der Waals surface area contributed by atoms with Crippen LogP contribution in [0.5, 0.6) is 0 Å². The van der Waals surface area contributed by atoms with Crippen LogP contribution in [0.15, 0.2) is 69.5 Å². The number of fused-ring (bicyclic) bond motifs is 2. The lowest BCUT2D eigenvalue weighted by atomic mass is 10.1. The number of pyridine rings is 1. The van der Waals surface area contributed by atoms with Crippen LogP contribution >= 0.6 is 0 Å². The molecule has 0 radical (unpaired) electrons. The monoisotopic (exact) mass is 261 g/mol. The predicted molar refractivity (Wildman–Crippen MR) is 76.1 cm³/mol. The minimum absolute atomic E-state index is 0.186. The number of rotatable bonds is 1. The molecule has 4 nitrogen and oxygen atoms in total. The quantitative estimate of drug-likeness (QED) is 0.708. The van der Waals surface area contributed by atoms with Gasteiger partial charge in [-0.3, -0.25) is 9.79 Å². The highest BCUT2D eigenvalue weighted by Gasteiger charge is 2.14. The summed E-state index contributed by atoms with van der Waals surface area (Å²) in [5, 5.41) is 3.42. The van der Waals surface area contributed by atoms with Gasteiger partial charge in [-0.2, -0.15) is 0 Å². The second-order valence-electron chi connectivity index (χ2n) is 4.78. The summed E-state index contributed by atoms with van der Waals surface area (Å²) >= 11 is 0. The highest BCUT2D eigenvalue weighted by atomic mass is 16.1. The van der Waals surface area contributed by atoms with Gasteiger partial charge in [0.2, 0.25) is 0 Å². The zero-order chi connectivity index (χ0) is 13.5. The van der Waals surface area contributed by atoms with Crippen molar-refractivity contribution < 1.29 is 0 Å². The number of benzene rings is 2. The summed E-state index contributed by atoms with van der Waals surface area (Å²) in [6.45, 7) is 0. The van der Waals surface area contributed by atoms with Crippen molar-refractivity contribution in [2.75, 3.05) is 0 Å².